The van der Waals surface area contributed by atoms with Gasteiger partial charge in [0.05, 0.1) is 18.6 Å². The average molecular weight is 468 g/mol. The summed E-state index contributed by atoms with van der Waals surface area (Å²) in [6, 6.07) is 17.1. The van der Waals surface area contributed by atoms with E-state index in [0.29, 0.717) is 21.9 Å². The first-order chi connectivity index (χ1) is 15.6. The van der Waals surface area contributed by atoms with Crippen molar-refractivity contribution in [1.29, 1.82) is 0 Å². The molecule has 0 fully saturated rings. The lowest BCUT2D eigenvalue weighted by atomic mass is 10.3. The monoisotopic (exact) mass is 467 g/mol. The third-order valence-corrected chi connectivity index (χ3v) is 6.14. The van der Waals surface area contributed by atoms with E-state index in [4.69, 9.17) is 9.47 Å². The highest BCUT2D eigenvalue weighted by Gasteiger charge is 2.17. The van der Waals surface area contributed by atoms with E-state index >= 15 is 0 Å². The van der Waals surface area contributed by atoms with Crippen LogP contribution < -0.4 is 14.8 Å². The van der Waals surface area contributed by atoms with Gasteiger partial charge in [-0.15, -0.1) is 21.5 Å². The number of hydrogen-bond acceptors (Lipinski definition) is 8. The molecule has 2 heterocycles. The van der Waals surface area contributed by atoms with Crippen LogP contribution in [-0.4, -0.2) is 38.5 Å². The van der Waals surface area contributed by atoms with Crippen LogP contribution >= 0.6 is 23.1 Å². The minimum absolute atomic E-state index is 0.150. The molecule has 164 valence electrons. The van der Waals surface area contributed by atoms with Crippen molar-refractivity contribution in [2.24, 2.45) is 0 Å². The molecule has 32 heavy (non-hydrogen) atoms. The van der Waals surface area contributed by atoms with Crippen LogP contribution in [0.4, 0.5) is 5.13 Å². The number of aryl methyl sites for hydroxylation is 1. The predicted octanol–water partition coefficient (Wildman–Crippen LogP) is 4.35. The molecule has 0 unspecified atom stereocenters. The molecule has 0 aliphatic carbocycles. The number of carbonyl (C=O) groups is 1. The van der Waals surface area contributed by atoms with Gasteiger partial charge in [0.2, 0.25) is 5.91 Å². The molecule has 4 aromatic rings. The number of anilines is 1. The second-order valence-corrected chi connectivity index (χ2v) is 8.47. The number of ether oxygens (including phenoxy) is 2. The largest absolute Gasteiger partial charge is 0.497 e. The van der Waals surface area contributed by atoms with Gasteiger partial charge in [-0.25, -0.2) is 4.98 Å². The number of rotatable bonds is 9. The molecule has 0 radical (unpaired) electrons. The van der Waals surface area contributed by atoms with E-state index in [1.807, 2.05) is 71.5 Å². The van der Waals surface area contributed by atoms with E-state index in [-0.39, 0.29) is 18.3 Å². The Morgan fingerprint density at radius 2 is 1.84 bits per heavy atom. The van der Waals surface area contributed by atoms with Crippen LogP contribution in [0.1, 0.15) is 11.5 Å². The van der Waals surface area contributed by atoms with Gasteiger partial charge < -0.3 is 14.8 Å². The number of hydrogen-bond donors (Lipinski definition) is 1. The number of amides is 1. The van der Waals surface area contributed by atoms with Gasteiger partial charge in [-0.05, 0) is 43.3 Å². The van der Waals surface area contributed by atoms with Gasteiger partial charge in [0.1, 0.15) is 18.1 Å². The van der Waals surface area contributed by atoms with Gasteiger partial charge >= 0.3 is 0 Å². The maximum Gasteiger partial charge on any atom is 0.236 e. The topological polar surface area (TPSA) is 91.2 Å². The molecule has 0 bridgehead atoms. The number of nitrogens with zero attached hydrogens (tertiary/aromatic N) is 4. The van der Waals surface area contributed by atoms with Gasteiger partial charge in [0.25, 0.3) is 0 Å². The SMILES string of the molecule is COc1ccc(OCc2nnc(SCC(=O)Nc3nc(C)cs3)n2-c2ccccc2)cc1. The van der Waals surface area contributed by atoms with E-state index in [2.05, 4.69) is 20.5 Å². The number of thiazole rings is 1. The van der Waals surface area contributed by atoms with Gasteiger partial charge in [0, 0.05) is 11.1 Å². The molecule has 0 saturated carbocycles. The quantitative estimate of drug-likeness (QED) is 0.366. The first kappa shape index (κ1) is 21.8. The normalized spacial score (nSPS) is 10.7. The highest BCUT2D eigenvalue weighted by Crippen LogP contribution is 2.24. The molecule has 1 N–H and O–H groups in total. The highest BCUT2D eigenvalue weighted by molar-refractivity contribution is 7.99. The molecule has 10 heteroatoms. The second-order valence-electron chi connectivity index (χ2n) is 6.66. The van der Waals surface area contributed by atoms with Crippen LogP contribution in [0.3, 0.4) is 0 Å². The molecule has 4 rings (SSSR count). The molecule has 0 saturated heterocycles. The maximum absolute atomic E-state index is 12.4. The van der Waals surface area contributed by atoms with E-state index in [0.717, 1.165) is 17.1 Å². The molecule has 8 nitrogen and oxygen atoms in total. The van der Waals surface area contributed by atoms with E-state index < -0.39 is 0 Å². The van der Waals surface area contributed by atoms with Crippen molar-refractivity contribution in [2.75, 3.05) is 18.2 Å². The fourth-order valence-corrected chi connectivity index (χ4v) is 4.32. The number of thioether (sulfide) groups is 1. The smallest absolute Gasteiger partial charge is 0.236 e. The van der Waals surface area contributed by atoms with Crippen molar-refractivity contribution >= 4 is 34.1 Å². The number of nitrogens with one attached hydrogen (secondary N) is 1. The van der Waals surface area contributed by atoms with Crippen molar-refractivity contribution < 1.29 is 14.3 Å². The van der Waals surface area contributed by atoms with Crippen molar-refractivity contribution in [1.82, 2.24) is 19.7 Å². The van der Waals surface area contributed by atoms with E-state index in [1.165, 1.54) is 23.1 Å². The molecule has 0 atom stereocenters. The number of methoxy groups -OCH3 is 1. The molecule has 2 aromatic heterocycles. The van der Waals surface area contributed by atoms with E-state index in [9.17, 15) is 4.79 Å². The summed E-state index contributed by atoms with van der Waals surface area (Å²) < 4.78 is 13.0. The lowest BCUT2D eigenvalue weighted by Crippen LogP contribution is -2.14. The first-order valence-corrected chi connectivity index (χ1v) is 11.6. The number of benzene rings is 2. The molecule has 2 aromatic carbocycles. The van der Waals surface area contributed by atoms with Gasteiger partial charge in [-0.1, -0.05) is 30.0 Å². The van der Waals surface area contributed by atoms with Crippen LogP contribution in [-0.2, 0) is 11.4 Å². The lowest BCUT2D eigenvalue weighted by molar-refractivity contribution is -0.113. The summed E-state index contributed by atoms with van der Waals surface area (Å²) in [5.41, 5.74) is 1.77. The zero-order valence-corrected chi connectivity index (χ0v) is 19.2. The lowest BCUT2D eigenvalue weighted by Gasteiger charge is -2.11. The van der Waals surface area contributed by atoms with Crippen LogP contribution in [0.5, 0.6) is 11.5 Å². The first-order valence-electron chi connectivity index (χ1n) is 9.74. The highest BCUT2D eigenvalue weighted by atomic mass is 32.2. The standard InChI is InChI=1S/C22H21N5O3S2/c1-15-13-31-21(23-15)24-20(28)14-32-22-26-25-19(27(22)16-6-4-3-5-7-16)12-30-18-10-8-17(29-2)9-11-18/h3-11,13H,12,14H2,1-2H3,(H,23,24,28). The molecule has 1 amide bonds. The van der Waals surface area contributed by atoms with Crippen molar-refractivity contribution in [3.63, 3.8) is 0 Å². The van der Waals surface area contributed by atoms with Crippen LogP contribution in [0, 0.1) is 6.92 Å². The minimum atomic E-state index is -0.150. The predicted molar refractivity (Wildman–Crippen MR) is 125 cm³/mol. The molecular formula is C22H21N5O3S2. The Morgan fingerprint density at radius 1 is 1.09 bits per heavy atom. The Labute approximate surface area is 193 Å². The Kier molecular flexibility index (Phi) is 7.03. The van der Waals surface area contributed by atoms with Gasteiger partial charge in [-0.3, -0.25) is 9.36 Å². The zero-order valence-electron chi connectivity index (χ0n) is 17.5. The van der Waals surface area contributed by atoms with Gasteiger partial charge in [0.15, 0.2) is 16.1 Å². The fraction of sp³-hybridized carbons (Fsp3) is 0.182. The summed E-state index contributed by atoms with van der Waals surface area (Å²) >= 11 is 2.71. The third kappa shape index (κ3) is 5.45. The van der Waals surface area contributed by atoms with Gasteiger partial charge in [-0.2, -0.15) is 0 Å². The molecular weight excluding hydrogens is 446 g/mol. The number of para-hydroxylation sites is 1. The Hall–Kier alpha value is -3.37. The number of carbonyl (C=O) groups excluding carboxylic acids is 1. The summed E-state index contributed by atoms with van der Waals surface area (Å²) in [6.07, 6.45) is 0. The summed E-state index contributed by atoms with van der Waals surface area (Å²) in [7, 11) is 1.62. The number of aromatic nitrogens is 4. The fourth-order valence-electron chi connectivity index (χ4n) is 2.84. The van der Waals surface area contributed by atoms with Crippen molar-refractivity contribution in [2.45, 2.75) is 18.7 Å². The second kappa shape index (κ2) is 10.3. The van der Waals surface area contributed by atoms with E-state index in [1.54, 1.807) is 7.11 Å². The molecule has 0 aliphatic heterocycles. The summed E-state index contributed by atoms with van der Waals surface area (Å²) in [6.45, 7) is 2.11. The Bertz CT molecular complexity index is 1180. The molecule has 0 aliphatic rings. The minimum Gasteiger partial charge on any atom is -0.497 e. The van der Waals surface area contributed by atoms with Crippen LogP contribution in [0.2, 0.25) is 0 Å². The van der Waals surface area contributed by atoms with Crippen LogP contribution in [0.15, 0.2) is 65.1 Å². The Morgan fingerprint density at radius 3 is 2.53 bits per heavy atom. The summed E-state index contributed by atoms with van der Waals surface area (Å²) in [5.74, 6) is 2.12. The van der Waals surface area contributed by atoms with Crippen LogP contribution in [0.25, 0.3) is 5.69 Å². The molecule has 0 spiro atoms. The zero-order chi connectivity index (χ0) is 22.3. The summed E-state index contributed by atoms with van der Waals surface area (Å²) in [4.78, 5) is 16.6. The van der Waals surface area contributed by atoms with Crippen molar-refractivity contribution in [3.05, 3.63) is 71.5 Å². The average Bonchev–Trinajstić information content (AvgIpc) is 3.42. The Balaban J connectivity index is 1.48. The van der Waals surface area contributed by atoms with Crippen molar-refractivity contribution in [3.8, 4) is 17.2 Å². The summed E-state index contributed by atoms with van der Waals surface area (Å²) in [5, 5.41) is 14.5. The third-order valence-electron chi connectivity index (χ3n) is 4.34. The maximum atomic E-state index is 12.4.